The van der Waals surface area contributed by atoms with Gasteiger partial charge in [0.05, 0.1) is 32.4 Å². The number of aliphatic carboxylic acids is 1. The number of carbonyl (C=O) groups excluding carboxylic acids is 1. The van der Waals surface area contributed by atoms with Crippen molar-refractivity contribution in [2.24, 2.45) is 5.92 Å². The van der Waals surface area contributed by atoms with Gasteiger partial charge in [0, 0.05) is 31.6 Å². The second-order valence-corrected chi connectivity index (χ2v) is 11.0. The van der Waals surface area contributed by atoms with Crippen molar-refractivity contribution in [3.8, 4) is 17.2 Å². The number of carbonyl (C=O) groups is 2. The molecule has 3 rings (SSSR count). The van der Waals surface area contributed by atoms with Gasteiger partial charge >= 0.3 is 5.97 Å². The van der Waals surface area contributed by atoms with Gasteiger partial charge in [-0.25, -0.2) is 18.2 Å². The minimum Gasteiger partial charge on any atom is -0.493 e. The molecule has 37 heavy (non-hydrogen) atoms. The minimum absolute atomic E-state index is 0.0353. The summed E-state index contributed by atoms with van der Waals surface area (Å²) in [6, 6.07) is 2.88. The van der Waals surface area contributed by atoms with Gasteiger partial charge < -0.3 is 19.3 Å². The molecule has 1 unspecified atom stereocenters. The van der Waals surface area contributed by atoms with Gasteiger partial charge in [-0.15, -0.1) is 0 Å². The number of amides is 1. The number of nitrogens with one attached hydrogen (secondary N) is 1. The Labute approximate surface area is 217 Å². The first kappa shape index (κ1) is 29.0. The fourth-order valence-electron chi connectivity index (χ4n) is 4.86. The van der Waals surface area contributed by atoms with E-state index in [2.05, 4.69) is 4.72 Å². The first-order chi connectivity index (χ1) is 17.6. The maximum Gasteiger partial charge on any atom is 0.308 e. The number of fused-ring (bicyclic) bond motifs is 1. The monoisotopic (exact) mass is 543 g/mol. The van der Waals surface area contributed by atoms with Crippen molar-refractivity contribution in [1.82, 2.24) is 14.7 Å². The molecule has 13 heteroatoms. The van der Waals surface area contributed by atoms with E-state index in [1.54, 1.807) is 12.1 Å². The predicted octanol–water partition coefficient (Wildman–Crippen LogP) is 1.41. The Morgan fingerprint density at radius 1 is 1.24 bits per heavy atom. The van der Waals surface area contributed by atoms with Crippen LogP contribution in [0.3, 0.4) is 0 Å². The van der Waals surface area contributed by atoms with Gasteiger partial charge in [0.1, 0.15) is 0 Å². The van der Waals surface area contributed by atoms with E-state index in [0.29, 0.717) is 42.4 Å². The van der Waals surface area contributed by atoms with E-state index in [1.807, 2.05) is 18.7 Å². The number of hydrogen-bond acceptors (Lipinski definition) is 9. The number of ether oxygens (including phenoxy) is 3. The van der Waals surface area contributed by atoms with Gasteiger partial charge in [-0.1, -0.05) is 13.8 Å². The molecular weight excluding hydrogens is 506 g/mol. The molecule has 0 radical (unpaired) electrons. The van der Waals surface area contributed by atoms with Crippen LogP contribution in [0.4, 0.5) is 0 Å². The number of sulfonamides is 1. The maximum atomic E-state index is 13.2. The van der Waals surface area contributed by atoms with E-state index >= 15 is 0 Å². The Morgan fingerprint density at radius 3 is 2.62 bits per heavy atom. The Hall–Kier alpha value is -2.61. The maximum absolute atomic E-state index is 13.2. The number of hydrogen-bond donors (Lipinski definition) is 2. The fraction of sp³-hybridized carbons (Fsp3) is 0.667. The second kappa shape index (κ2) is 12.8. The SMILES string of the molecule is CCCON(CCC)C(=O)CN1C[C@H](c2cc(OC)c3c(c2)OCO3)C(C(=O)O)[C@@H]1CCNS(C)(=O)=O. The lowest BCUT2D eigenvalue weighted by molar-refractivity contribution is -0.188. The number of carboxylic acid groups (broad SMARTS) is 1. The molecule has 0 bridgehead atoms. The average molecular weight is 544 g/mol. The van der Waals surface area contributed by atoms with Crippen LogP contribution >= 0.6 is 0 Å². The Balaban J connectivity index is 1.92. The van der Waals surface area contributed by atoms with Crippen LogP contribution < -0.4 is 18.9 Å². The lowest BCUT2D eigenvalue weighted by Gasteiger charge is -2.29. The van der Waals surface area contributed by atoms with E-state index in [0.717, 1.165) is 12.7 Å². The minimum atomic E-state index is -3.46. The van der Waals surface area contributed by atoms with Crippen LogP contribution in [0.1, 0.15) is 44.6 Å². The third-order valence-corrected chi connectivity index (χ3v) is 7.17. The highest BCUT2D eigenvalue weighted by molar-refractivity contribution is 7.88. The number of hydroxylamine groups is 2. The number of methoxy groups -OCH3 is 1. The number of likely N-dealkylation sites (tertiary alicyclic amines) is 1. The molecule has 1 fully saturated rings. The molecule has 1 aromatic rings. The van der Waals surface area contributed by atoms with Crippen molar-refractivity contribution in [2.45, 2.75) is 45.1 Å². The second-order valence-electron chi connectivity index (χ2n) is 9.21. The molecule has 1 amide bonds. The zero-order chi connectivity index (χ0) is 27.2. The zero-order valence-corrected chi connectivity index (χ0v) is 22.6. The van der Waals surface area contributed by atoms with Crippen LogP contribution in [0.5, 0.6) is 17.2 Å². The van der Waals surface area contributed by atoms with Crippen LogP contribution in [0.2, 0.25) is 0 Å². The highest BCUT2D eigenvalue weighted by Crippen LogP contribution is 2.47. The standard InChI is InChI=1S/C24H37N3O9S/c1-5-9-27(36-10-6-2)21(28)14-26-13-17(16-11-19(33-3)23-20(12-16)34-15-35-23)22(24(29)30)18(26)7-8-25-37(4,31)32/h11-12,17-18,22,25H,5-10,13-15H2,1-4H3,(H,29,30)/t17-,18+,22?/m1/s1. The first-order valence-corrected chi connectivity index (χ1v) is 14.3. The fourth-order valence-corrected chi connectivity index (χ4v) is 5.35. The molecule has 0 saturated carbocycles. The van der Waals surface area contributed by atoms with Gasteiger partial charge in [0.15, 0.2) is 11.5 Å². The molecular formula is C24H37N3O9S. The zero-order valence-electron chi connectivity index (χ0n) is 21.8. The lowest BCUT2D eigenvalue weighted by atomic mass is 9.84. The summed E-state index contributed by atoms with van der Waals surface area (Å²) in [6.45, 7) is 4.98. The van der Waals surface area contributed by atoms with Crippen molar-refractivity contribution < 1.29 is 42.2 Å². The van der Waals surface area contributed by atoms with Crippen LogP contribution in [-0.2, 0) is 24.4 Å². The Bertz CT molecular complexity index is 1070. The van der Waals surface area contributed by atoms with Crippen molar-refractivity contribution in [2.75, 3.05) is 52.9 Å². The van der Waals surface area contributed by atoms with Gasteiger partial charge in [-0.3, -0.25) is 19.3 Å². The average Bonchev–Trinajstić information content (AvgIpc) is 3.45. The molecule has 0 aromatic heterocycles. The molecule has 2 N–H and O–H groups in total. The van der Waals surface area contributed by atoms with Crippen molar-refractivity contribution in [3.05, 3.63) is 17.7 Å². The number of rotatable bonds is 14. The highest BCUT2D eigenvalue weighted by Gasteiger charge is 2.47. The van der Waals surface area contributed by atoms with Crippen LogP contribution in [0, 0.1) is 5.92 Å². The van der Waals surface area contributed by atoms with Crippen LogP contribution in [0.15, 0.2) is 12.1 Å². The third-order valence-electron chi connectivity index (χ3n) is 6.44. The molecule has 208 valence electrons. The van der Waals surface area contributed by atoms with E-state index in [-0.39, 0.29) is 38.8 Å². The van der Waals surface area contributed by atoms with Crippen molar-refractivity contribution in [3.63, 3.8) is 0 Å². The summed E-state index contributed by atoms with van der Waals surface area (Å²) in [4.78, 5) is 33.2. The number of benzene rings is 1. The topological polar surface area (TPSA) is 144 Å². The van der Waals surface area contributed by atoms with E-state index < -0.39 is 33.9 Å². The van der Waals surface area contributed by atoms with Crippen molar-refractivity contribution >= 4 is 21.9 Å². The quantitative estimate of drug-likeness (QED) is 0.331. The molecule has 3 atom stereocenters. The highest BCUT2D eigenvalue weighted by atomic mass is 32.2. The summed E-state index contributed by atoms with van der Waals surface area (Å²) < 4.78 is 42.2. The summed E-state index contributed by atoms with van der Waals surface area (Å²) in [6.07, 6.45) is 2.70. The number of nitrogens with zero attached hydrogens (tertiary/aromatic N) is 2. The Kier molecular flexibility index (Phi) is 9.99. The van der Waals surface area contributed by atoms with Crippen LogP contribution in [0.25, 0.3) is 0 Å². The van der Waals surface area contributed by atoms with Gasteiger partial charge in [-0.2, -0.15) is 0 Å². The normalized spacial score (nSPS) is 21.2. The predicted molar refractivity (Wildman–Crippen MR) is 134 cm³/mol. The first-order valence-electron chi connectivity index (χ1n) is 12.4. The van der Waals surface area contributed by atoms with E-state index in [9.17, 15) is 23.1 Å². The molecule has 2 aliphatic heterocycles. The molecule has 2 aliphatic rings. The van der Waals surface area contributed by atoms with Gasteiger partial charge in [0.25, 0.3) is 5.91 Å². The lowest BCUT2D eigenvalue weighted by Crippen LogP contribution is -2.45. The summed E-state index contributed by atoms with van der Waals surface area (Å²) in [7, 11) is -1.97. The van der Waals surface area contributed by atoms with E-state index in [1.165, 1.54) is 12.2 Å². The van der Waals surface area contributed by atoms with Gasteiger partial charge in [0.2, 0.25) is 22.6 Å². The van der Waals surface area contributed by atoms with Crippen molar-refractivity contribution in [1.29, 1.82) is 0 Å². The largest absolute Gasteiger partial charge is 0.493 e. The summed E-state index contributed by atoms with van der Waals surface area (Å²) in [5, 5.41) is 11.6. The molecule has 1 aromatic carbocycles. The molecule has 0 spiro atoms. The molecule has 1 saturated heterocycles. The molecule has 2 heterocycles. The summed E-state index contributed by atoms with van der Waals surface area (Å²) >= 11 is 0. The molecule has 0 aliphatic carbocycles. The van der Waals surface area contributed by atoms with Gasteiger partial charge in [-0.05, 0) is 37.0 Å². The number of carboxylic acids is 1. The smallest absolute Gasteiger partial charge is 0.308 e. The van der Waals surface area contributed by atoms with Crippen LogP contribution in [-0.4, -0.2) is 94.4 Å². The van der Waals surface area contributed by atoms with E-state index in [4.69, 9.17) is 19.0 Å². The molecule has 12 nitrogen and oxygen atoms in total. The summed E-state index contributed by atoms with van der Waals surface area (Å²) in [5.74, 6) is -1.37. The summed E-state index contributed by atoms with van der Waals surface area (Å²) in [5.41, 5.74) is 0.678. The third kappa shape index (κ3) is 7.24. The Morgan fingerprint density at radius 2 is 2.00 bits per heavy atom.